The fourth-order valence-electron chi connectivity index (χ4n) is 3.27. The Morgan fingerprint density at radius 3 is 2.48 bits per heavy atom. The number of nitrogens with one attached hydrogen (secondary N) is 1. The van der Waals surface area contributed by atoms with Crippen LogP contribution in [0.5, 0.6) is 5.75 Å². The highest BCUT2D eigenvalue weighted by molar-refractivity contribution is 5.94. The van der Waals surface area contributed by atoms with E-state index in [0.717, 1.165) is 16.9 Å². The normalized spacial score (nSPS) is 10.8. The molecule has 0 saturated heterocycles. The summed E-state index contributed by atoms with van der Waals surface area (Å²) < 4.78 is 5.75. The highest BCUT2D eigenvalue weighted by atomic mass is 16.3. The SMILES string of the molecule is Cc1oc2cc(O)ccc2c(=O)c1-c1ccc(Nc2cccc(C(N)=O)c2)cc1. The molecule has 0 spiro atoms. The molecule has 6 heteroatoms. The van der Waals surface area contributed by atoms with E-state index in [1.807, 2.05) is 30.3 Å². The molecule has 0 aliphatic heterocycles. The van der Waals surface area contributed by atoms with Crippen LogP contribution in [0.1, 0.15) is 16.1 Å². The molecule has 144 valence electrons. The highest BCUT2D eigenvalue weighted by Crippen LogP contribution is 2.27. The number of nitrogens with two attached hydrogens (primary N) is 1. The first-order valence-electron chi connectivity index (χ1n) is 8.96. The third-order valence-corrected chi connectivity index (χ3v) is 4.66. The fourth-order valence-corrected chi connectivity index (χ4v) is 3.27. The number of rotatable bonds is 4. The number of primary amides is 1. The van der Waals surface area contributed by atoms with Gasteiger partial charge in [0.15, 0.2) is 0 Å². The Hall–Kier alpha value is -4.06. The quantitative estimate of drug-likeness (QED) is 0.484. The van der Waals surface area contributed by atoms with Crippen molar-refractivity contribution >= 4 is 28.3 Å². The third kappa shape index (κ3) is 3.55. The van der Waals surface area contributed by atoms with Gasteiger partial charge in [-0.05, 0) is 55.0 Å². The van der Waals surface area contributed by atoms with E-state index in [0.29, 0.717) is 27.9 Å². The van der Waals surface area contributed by atoms with Crippen LogP contribution in [0.15, 0.2) is 75.9 Å². The molecule has 1 amide bonds. The lowest BCUT2D eigenvalue weighted by Gasteiger charge is -2.10. The average molecular weight is 386 g/mol. The van der Waals surface area contributed by atoms with Crippen LogP contribution in [0.25, 0.3) is 22.1 Å². The first-order valence-corrected chi connectivity index (χ1v) is 8.96. The monoisotopic (exact) mass is 386 g/mol. The molecule has 1 heterocycles. The Bertz CT molecular complexity index is 1290. The Labute approximate surface area is 166 Å². The van der Waals surface area contributed by atoms with Gasteiger partial charge in [0.2, 0.25) is 11.3 Å². The molecular formula is C23H18N2O4. The van der Waals surface area contributed by atoms with Crippen LogP contribution in [0.4, 0.5) is 11.4 Å². The van der Waals surface area contributed by atoms with Crippen molar-refractivity contribution in [2.45, 2.75) is 6.92 Å². The van der Waals surface area contributed by atoms with Gasteiger partial charge in [-0.3, -0.25) is 9.59 Å². The Kier molecular flexibility index (Phi) is 4.52. The van der Waals surface area contributed by atoms with Crippen LogP contribution in [0, 0.1) is 6.92 Å². The van der Waals surface area contributed by atoms with Crippen LogP contribution >= 0.6 is 0 Å². The molecule has 29 heavy (non-hydrogen) atoms. The van der Waals surface area contributed by atoms with Gasteiger partial charge in [-0.1, -0.05) is 18.2 Å². The van der Waals surface area contributed by atoms with Crippen molar-refractivity contribution in [3.63, 3.8) is 0 Å². The Morgan fingerprint density at radius 1 is 1.00 bits per heavy atom. The predicted octanol–water partition coefficient (Wildman–Crippen LogP) is 4.32. The van der Waals surface area contributed by atoms with Gasteiger partial charge in [0, 0.05) is 23.0 Å². The maximum atomic E-state index is 12.9. The first kappa shape index (κ1) is 18.3. The molecule has 6 nitrogen and oxygen atoms in total. The lowest BCUT2D eigenvalue weighted by Crippen LogP contribution is -2.10. The van der Waals surface area contributed by atoms with Gasteiger partial charge in [0.25, 0.3) is 0 Å². The summed E-state index contributed by atoms with van der Waals surface area (Å²) in [5.41, 5.74) is 8.66. The minimum Gasteiger partial charge on any atom is -0.508 e. The van der Waals surface area contributed by atoms with E-state index < -0.39 is 5.91 Å². The lowest BCUT2D eigenvalue weighted by atomic mass is 10.0. The van der Waals surface area contributed by atoms with Crippen molar-refractivity contribution in [1.29, 1.82) is 0 Å². The van der Waals surface area contributed by atoms with Crippen LogP contribution in [0.2, 0.25) is 0 Å². The molecule has 4 rings (SSSR count). The van der Waals surface area contributed by atoms with Gasteiger partial charge in [0.05, 0.1) is 10.9 Å². The van der Waals surface area contributed by atoms with Gasteiger partial charge >= 0.3 is 0 Å². The number of aromatic hydroxyl groups is 1. The number of carbonyl (C=O) groups excluding carboxylic acids is 1. The smallest absolute Gasteiger partial charge is 0.248 e. The van der Waals surface area contributed by atoms with E-state index in [1.165, 1.54) is 12.1 Å². The minimum absolute atomic E-state index is 0.0450. The number of amides is 1. The maximum Gasteiger partial charge on any atom is 0.248 e. The molecule has 0 aliphatic carbocycles. The Balaban J connectivity index is 1.68. The zero-order valence-electron chi connectivity index (χ0n) is 15.6. The summed E-state index contributed by atoms with van der Waals surface area (Å²) in [4.78, 5) is 24.3. The molecule has 0 bridgehead atoms. The van der Waals surface area contributed by atoms with Crippen molar-refractivity contribution in [3.8, 4) is 16.9 Å². The van der Waals surface area contributed by atoms with Gasteiger partial charge in [-0.25, -0.2) is 0 Å². The zero-order chi connectivity index (χ0) is 20.5. The second kappa shape index (κ2) is 7.16. The van der Waals surface area contributed by atoms with Crippen LogP contribution in [-0.4, -0.2) is 11.0 Å². The van der Waals surface area contributed by atoms with Gasteiger partial charge in [-0.15, -0.1) is 0 Å². The summed E-state index contributed by atoms with van der Waals surface area (Å²) >= 11 is 0. The molecule has 0 unspecified atom stereocenters. The molecule has 4 N–H and O–H groups in total. The number of carbonyl (C=O) groups is 1. The van der Waals surface area contributed by atoms with E-state index in [9.17, 15) is 14.7 Å². The molecular weight excluding hydrogens is 368 g/mol. The number of anilines is 2. The topological polar surface area (TPSA) is 106 Å². The first-order chi connectivity index (χ1) is 13.9. The van der Waals surface area contributed by atoms with Gasteiger partial charge in [-0.2, -0.15) is 0 Å². The molecule has 0 fully saturated rings. The van der Waals surface area contributed by atoms with Crippen molar-refractivity contribution in [2.75, 3.05) is 5.32 Å². The van der Waals surface area contributed by atoms with Gasteiger partial charge in [0.1, 0.15) is 17.1 Å². The second-order valence-corrected chi connectivity index (χ2v) is 6.69. The average Bonchev–Trinajstić information content (AvgIpc) is 2.69. The lowest BCUT2D eigenvalue weighted by molar-refractivity contribution is 0.100. The zero-order valence-corrected chi connectivity index (χ0v) is 15.6. The summed E-state index contributed by atoms with van der Waals surface area (Å²) in [7, 11) is 0. The summed E-state index contributed by atoms with van der Waals surface area (Å²) in [5, 5.41) is 13.2. The van der Waals surface area contributed by atoms with E-state index in [-0.39, 0.29) is 11.2 Å². The van der Waals surface area contributed by atoms with Crippen molar-refractivity contribution in [1.82, 2.24) is 0 Å². The van der Waals surface area contributed by atoms with Crippen molar-refractivity contribution in [2.24, 2.45) is 5.73 Å². The number of hydrogen-bond donors (Lipinski definition) is 3. The van der Waals surface area contributed by atoms with Crippen molar-refractivity contribution in [3.05, 3.63) is 88.3 Å². The molecule has 4 aromatic rings. The van der Waals surface area contributed by atoms with E-state index in [1.54, 1.807) is 31.2 Å². The molecule has 0 radical (unpaired) electrons. The minimum atomic E-state index is -0.490. The third-order valence-electron chi connectivity index (χ3n) is 4.66. The summed E-state index contributed by atoms with van der Waals surface area (Å²) in [6, 6.07) is 18.7. The number of phenolic OH excluding ortho intramolecular Hbond substituents is 1. The number of fused-ring (bicyclic) bond motifs is 1. The van der Waals surface area contributed by atoms with Crippen molar-refractivity contribution < 1.29 is 14.3 Å². The summed E-state index contributed by atoms with van der Waals surface area (Å²) in [6.07, 6.45) is 0. The van der Waals surface area contributed by atoms with Gasteiger partial charge < -0.3 is 20.6 Å². The van der Waals surface area contributed by atoms with E-state index in [2.05, 4.69) is 5.32 Å². The molecule has 0 saturated carbocycles. The molecule has 1 aromatic heterocycles. The van der Waals surface area contributed by atoms with Crippen LogP contribution in [-0.2, 0) is 0 Å². The highest BCUT2D eigenvalue weighted by Gasteiger charge is 2.14. The Morgan fingerprint density at radius 2 is 1.76 bits per heavy atom. The number of phenols is 1. The summed E-state index contributed by atoms with van der Waals surface area (Å²) in [6.45, 7) is 1.72. The molecule has 0 aliphatic rings. The van der Waals surface area contributed by atoms with Crippen LogP contribution < -0.4 is 16.5 Å². The summed E-state index contributed by atoms with van der Waals surface area (Å²) in [5.74, 6) is 0.0300. The standard InChI is InChI=1S/C23H18N2O4/c1-13-21(22(27)19-10-9-18(26)12-20(19)29-13)14-5-7-16(8-6-14)25-17-4-2-3-15(11-17)23(24)28/h2-12,25-26H,1H3,(H2,24,28). The second-order valence-electron chi connectivity index (χ2n) is 6.69. The molecule has 3 aromatic carbocycles. The fraction of sp³-hybridized carbons (Fsp3) is 0.0435. The maximum absolute atomic E-state index is 12.9. The van der Waals surface area contributed by atoms with Crippen LogP contribution in [0.3, 0.4) is 0 Å². The largest absolute Gasteiger partial charge is 0.508 e. The number of benzene rings is 3. The van der Waals surface area contributed by atoms with E-state index in [4.69, 9.17) is 10.2 Å². The number of aryl methyl sites for hydroxylation is 1. The predicted molar refractivity (Wildman–Crippen MR) is 113 cm³/mol. The van der Waals surface area contributed by atoms with E-state index >= 15 is 0 Å². The number of hydrogen-bond acceptors (Lipinski definition) is 5. The molecule has 0 atom stereocenters.